The van der Waals surface area contributed by atoms with Gasteiger partial charge >= 0.3 is 0 Å². The number of aliphatic hydroxyl groups is 1. The van der Waals surface area contributed by atoms with Crippen LogP contribution in [0.1, 0.15) is 39.3 Å². The highest BCUT2D eigenvalue weighted by molar-refractivity contribution is 6.01. The summed E-state index contributed by atoms with van der Waals surface area (Å²) >= 11 is 0. The van der Waals surface area contributed by atoms with E-state index in [1.54, 1.807) is 17.3 Å². The average molecular weight is 274 g/mol. The van der Waals surface area contributed by atoms with E-state index in [4.69, 9.17) is 5.26 Å². The van der Waals surface area contributed by atoms with Gasteiger partial charge in [0, 0.05) is 11.8 Å². The minimum atomic E-state index is -0.519. The number of aliphatic hydroxyl groups excluding tert-OH is 1. The van der Waals surface area contributed by atoms with Gasteiger partial charge in [-0.15, -0.1) is 0 Å². The first-order valence-corrected chi connectivity index (χ1v) is 6.43. The molecular weight excluding hydrogens is 256 g/mol. The largest absolute Gasteiger partial charge is 0.508 e. The zero-order chi connectivity index (χ0) is 15.1. The number of hydrogen-bond acceptors (Lipinski definition) is 4. The van der Waals surface area contributed by atoms with E-state index in [1.165, 1.54) is 0 Å². The monoisotopic (exact) mass is 274 g/mol. The Labute approximate surface area is 117 Å². The molecular formula is C14H18N4O2. The van der Waals surface area contributed by atoms with E-state index in [2.05, 4.69) is 10.2 Å². The van der Waals surface area contributed by atoms with E-state index in [1.807, 2.05) is 33.8 Å². The van der Waals surface area contributed by atoms with Gasteiger partial charge in [-0.1, -0.05) is 20.8 Å². The molecule has 1 unspecified atom stereocenters. The maximum Gasteiger partial charge on any atom is 0.269 e. The zero-order valence-electron chi connectivity index (χ0n) is 12.0. The zero-order valence-corrected chi connectivity index (χ0v) is 12.0. The lowest BCUT2D eigenvalue weighted by molar-refractivity contribution is -0.131. The van der Waals surface area contributed by atoms with Gasteiger partial charge in [0.2, 0.25) is 0 Å². The number of aromatic nitrogens is 2. The molecule has 0 aliphatic carbocycles. The third-order valence-electron chi connectivity index (χ3n) is 3.59. The quantitative estimate of drug-likeness (QED) is 0.863. The lowest BCUT2D eigenvalue weighted by Gasteiger charge is -2.38. The Morgan fingerprint density at radius 2 is 2.20 bits per heavy atom. The molecule has 0 saturated heterocycles. The lowest BCUT2D eigenvalue weighted by Crippen LogP contribution is -2.45. The molecule has 1 aromatic rings. The van der Waals surface area contributed by atoms with Gasteiger partial charge in [0.25, 0.3) is 5.91 Å². The van der Waals surface area contributed by atoms with Crippen LogP contribution < -0.4 is 0 Å². The number of amides is 1. The predicted octanol–water partition coefficient (Wildman–Crippen LogP) is 2.06. The number of nitrogens with one attached hydrogen (secondary N) is 1. The predicted molar refractivity (Wildman–Crippen MR) is 72.4 cm³/mol. The Morgan fingerprint density at radius 1 is 1.55 bits per heavy atom. The number of carbonyl (C=O) groups excluding carboxylic acids is 1. The van der Waals surface area contributed by atoms with Gasteiger partial charge in [0.1, 0.15) is 11.8 Å². The molecule has 0 spiro atoms. The maximum atomic E-state index is 12.4. The summed E-state index contributed by atoms with van der Waals surface area (Å²) in [5.41, 5.74) is 0.288. The molecule has 0 radical (unpaired) electrons. The maximum absolute atomic E-state index is 12.4. The summed E-state index contributed by atoms with van der Waals surface area (Å²) in [6, 6.07) is 1.01. The van der Waals surface area contributed by atoms with Crippen LogP contribution >= 0.6 is 0 Å². The smallest absolute Gasteiger partial charge is 0.269 e. The topological polar surface area (TPSA) is 93.0 Å². The van der Waals surface area contributed by atoms with Gasteiger partial charge in [0.15, 0.2) is 5.57 Å². The summed E-state index contributed by atoms with van der Waals surface area (Å²) in [6.45, 7) is 7.64. The van der Waals surface area contributed by atoms with E-state index < -0.39 is 11.9 Å². The van der Waals surface area contributed by atoms with Crippen molar-refractivity contribution >= 4 is 5.91 Å². The number of carbonyl (C=O) groups is 1. The second-order valence-corrected chi connectivity index (χ2v) is 6.06. The number of H-pyrrole nitrogens is 1. The van der Waals surface area contributed by atoms with Gasteiger partial charge in [-0.05, 0) is 12.3 Å². The highest BCUT2D eigenvalue weighted by Gasteiger charge is 2.47. The van der Waals surface area contributed by atoms with Crippen molar-refractivity contribution in [2.75, 3.05) is 0 Å². The molecule has 2 rings (SSSR count). The Bertz CT molecular complexity index is 590. The van der Waals surface area contributed by atoms with E-state index in [0.717, 1.165) is 5.56 Å². The first-order chi connectivity index (χ1) is 9.29. The van der Waals surface area contributed by atoms with Crippen molar-refractivity contribution in [3.8, 4) is 6.07 Å². The third-order valence-corrected chi connectivity index (χ3v) is 3.59. The van der Waals surface area contributed by atoms with E-state index in [-0.39, 0.29) is 22.8 Å². The minimum absolute atomic E-state index is 0.139. The van der Waals surface area contributed by atoms with Crippen LogP contribution in [0.2, 0.25) is 0 Å². The van der Waals surface area contributed by atoms with Crippen LogP contribution in [0.5, 0.6) is 0 Å². The van der Waals surface area contributed by atoms with Crippen LogP contribution in [-0.2, 0) is 4.79 Å². The molecule has 1 amide bonds. The summed E-state index contributed by atoms with van der Waals surface area (Å²) in [4.78, 5) is 13.9. The number of rotatable bonds is 2. The Hall–Kier alpha value is -2.29. The highest BCUT2D eigenvalue weighted by Crippen LogP contribution is 2.40. The molecule has 106 valence electrons. The molecule has 20 heavy (non-hydrogen) atoms. The van der Waals surface area contributed by atoms with Crippen LogP contribution in [0.4, 0.5) is 0 Å². The Kier molecular flexibility index (Phi) is 3.30. The standard InChI is InChI=1S/C14H18N4O2/c1-8(9-6-16-17-7-9)18-12(14(2,3)4)11(19)10(5-15)13(18)20/h6-8,12,19H,1-4H3,(H,16,17)/t8?,12-/m1/s1. The molecule has 6 nitrogen and oxygen atoms in total. The summed E-state index contributed by atoms with van der Waals surface area (Å²) in [6.07, 6.45) is 3.35. The molecule has 0 bridgehead atoms. The van der Waals surface area contributed by atoms with Gasteiger partial charge in [-0.3, -0.25) is 9.89 Å². The fourth-order valence-corrected chi connectivity index (χ4v) is 2.61. The van der Waals surface area contributed by atoms with Crippen molar-refractivity contribution in [2.24, 2.45) is 5.41 Å². The van der Waals surface area contributed by atoms with Crippen LogP contribution in [0, 0.1) is 16.7 Å². The van der Waals surface area contributed by atoms with Crippen molar-refractivity contribution in [3.63, 3.8) is 0 Å². The molecule has 2 N–H and O–H groups in total. The van der Waals surface area contributed by atoms with Crippen molar-refractivity contribution in [1.82, 2.24) is 15.1 Å². The van der Waals surface area contributed by atoms with E-state index in [9.17, 15) is 9.90 Å². The molecule has 0 fully saturated rings. The van der Waals surface area contributed by atoms with Crippen LogP contribution in [0.25, 0.3) is 0 Å². The molecule has 2 atom stereocenters. The second-order valence-electron chi connectivity index (χ2n) is 6.06. The summed E-state index contributed by atoms with van der Waals surface area (Å²) in [7, 11) is 0. The molecule has 2 heterocycles. The summed E-state index contributed by atoms with van der Waals surface area (Å²) < 4.78 is 0. The first-order valence-electron chi connectivity index (χ1n) is 6.43. The average Bonchev–Trinajstić information content (AvgIpc) is 2.94. The number of nitrogens with zero attached hydrogens (tertiary/aromatic N) is 3. The third kappa shape index (κ3) is 2.05. The number of hydrogen-bond donors (Lipinski definition) is 2. The molecule has 6 heteroatoms. The number of nitriles is 1. The fraction of sp³-hybridized carbons (Fsp3) is 0.500. The second kappa shape index (κ2) is 4.67. The Morgan fingerprint density at radius 3 is 2.65 bits per heavy atom. The van der Waals surface area contributed by atoms with Crippen molar-refractivity contribution in [3.05, 3.63) is 29.3 Å². The summed E-state index contributed by atoms with van der Waals surface area (Å²) in [5, 5.41) is 25.9. The van der Waals surface area contributed by atoms with Crippen molar-refractivity contribution in [1.29, 1.82) is 5.26 Å². The molecule has 0 saturated carbocycles. The first kappa shape index (κ1) is 14.1. The van der Waals surface area contributed by atoms with Crippen molar-refractivity contribution < 1.29 is 9.90 Å². The van der Waals surface area contributed by atoms with E-state index >= 15 is 0 Å². The Balaban J connectivity index is 2.47. The molecule has 1 aliphatic heterocycles. The SMILES string of the molecule is CC(c1cn[nH]c1)N1C(=O)C(C#N)=C(O)[C@@H]1C(C)(C)C. The molecule has 0 aromatic carbocycles. The minimum Gasteiger partial charge on any atom is -0.508 e. The number of aromatic amines is 1. The fourth-order valence-electron chi connectivity index (χ4n) is 2.61. The summed E-state index contributed by atoms with van der Waals surface area (Å²) in [5.74, 6) is -0.570. The van der Waals surface area contributed by atoms with Gasteiger partial charge < -0.3 is 10.0 Å². The van der Waals surface area contributed by atoms with Crippen LogP contribution in [0.3, 0.4) is 0 Å². The van der Waals surface area contributed by atoms with Crippen LogP contribution in [0.15, 0.2) is 23.7 Å². The van der Waals surface area contributed by atoms with Gasteiger partial charge in [-0.2, -0.15) is 10.4 Å². The van der Waals surface area contributed by atoms with Crippen LogP contribution in [-0.4, -0.2) is 32.2 Å². The van der Waals surface area contributed by atoms with Crippen molar-refractivity contribution in [2.45, 2.75) is 39.8 Å². The normalized spacial score (nSPS) is 21.2. The highest BCUT2D eigenvalue weighted by atomic mass is 16.3. The molecule has 1 aliphatic rings. The van der Waals surface area contributed by atoms with E-state index in [0.29, 0.717) is 0 Å². The van der Waals surface area contributed by atoms with Gasteiger partial charge in [0.05, 0.1) is 18.3 Å². The van der Waals surface area contributed by atoms with Gasteiger partial charge in [-0.25, -0.2) is 0 Å². The molecule has 1 aromatic heterocycles. The lowest BCUT2D eigenvalue weighted by atomic mass is 9.84.